The number of aromatic nitrogens is 3. The number of halogens is 1. The van der Waals surface area contributed by atoms with E-state index in [0.29, 0.717) is 22.5 Å². The summed E-state index contributed by atoms with van der Waals surface area (Å²) < 4.78 is 8.66. The Morgan fingerprint density at radius 2 is 1.10 bits per heavy atom. The van der Waals surface area contributed by atoms with Crippen molar-refractivity contribution in [3.05, 3.63) is 151 Å². The second-order valence-electron chi connectivity index (χ2n) is 12.1. The normalized spacial score (nSPS) is 11.8. The van der Waals surface area contributed by atoms with Crippen LogP contribution in [0.2, 0.25) is 5.02 Å². The molecule has 3 aromatic heterocycles. The van der Waals surface area contributed by atoms with Crippen LogP contribution in [-0.2, 0) is 0 Å². The molecule has 0 bridgehead atoms. The van der Waals surface area contributed by atoms with E-state index < -0.39 is 0 Å². The number of hydrogen-bond donors (Lipinski definition) is 0. The van der Waals surface area contributed by atoms with Crippen LogP contribution in [0.15, 0.2) is 150 Å². The van der Waals surface area contributed by atoms with E-state index in [1.54, 1.807) is 11.3 Å². The fraction of sp³-hybridized carbons (Fsp3) is 0. The highest BCUT2D eigenvalue weighted by Gasteiger charge is 2.19. The van der Waals surface area contributed by atoms with Gasteiger partial charge in [-0.05, 0) is 58.3 Å². The topological polar surface area (TPSA) is 51.8 Å². The molecule has 0 aliphatic rings. The van der Waals surface area contributed by atoms with Crippen molar-refractivity contribution in [3.8, 4) is 45.3 Å². The molecule has 0 spiro atoms. The molecular formula is C43H24ClN3OS. The molecule has 0 unspecified atom stereocenters. The standard InChI is InChI=1S/C43H24ClN3OS/c44-33-12-7-13-34-40(33)39-32-24-29(21-18-27(32)22-23-35(39)48-34)42-45-41(28-19-16-26(17-20-28)25-8-2-1-3-9-25)46-43(47-42)31-11-6-15-37-38(31)30-10-4-5-14-36(30)49-37/h1-24H. The average molecular weight is 666 g/mol. The monoisotopic (exact) mass is 665 g/mol. The minimum Gasteiger partial charge on any atom is -0.456 e. The van der Waals surface area contributed by atoms with Crippen LogP contribution in [0.4, 0.5) is 0 Å². The fourth-order valence-electron chi connectivity index (χ4n) is 6.89. The van der Waals surface area contributed by atoms with Crippen LogP contribution >= 0.6 is 22.9 Å². The van der Waals surface area contributed by atoms with Gasteiger partial charge in [0.25, 0.3) is 0 Å². The lowest BCUT2D eigenvalue weighted by Gasteiger charge is -2.11. The predicted octanol–water partition coefficient (Wildman–Crippen LogP) is 12.6. The number of nitrogens with zero attached hydrogens (tertiary/aromatic N) is 3. The van der Waals surface area contributed by atoms with Crippen LogP contribution in [0.1, 0.15) is 0 Å². The largest absolute Gasteiger partial charge is 0.456 e. The molecule has 10 rings (SSSR count). The summed E-state index contributed by atoms with van der Waals surface area (Å²) in [7, 11) is 0. The van der Waals surface area contributed by atoms with Gasteiger partial charge in [-0.1, -0.05) is 121 Å². The molecule has 10 aromatic rings. The Kier molecular flexibility index (Phi) is 6.38. The van der Waals surface area contributed by atoms with Crippen molar-refractivity contribution in [2.24, 2.45) is 0 Å². The highest BCUT2D eigenvalue weighted by Crippen LogP contribution is 2.41. The van der Waals surface area contributed by atoms with E-state index in [1.165, 1.54) is 14.8 Å². The maximum absolute atomic E-state index is 6.75. The van der Waals surface area contributed by atoms with Gasteiger partial charge in [-0.3, -0.25) is 0 Å². The summed E-state index contributed by atoms with van der Waals surface area (Å²) in [4.78, 5) is 15.5. The van der Waals surface area contributed by atoms with Crippen molar-refractivity contribution in [2.45, 2.75) is 0 Å². The molecule has 0 N–H and O–H groups in total. The first-order valence-corrected chi connectivity index (χ1v) is 17.2. The number of hydrogen-bond acceptors (Lipinski definition) is 5. The number of thiophene rings is 1. The van der Waals surface area contributed by atoms with Gasteiger partial charge in [0.05, 0.1) is 5.02 Å². The van der Waals surface area contributed by atoms with Crippen molar-refractivity contribution in [3.63, 3.8) is 0 Å². The lowest BCUT2D eigenvalue weighted by molar-refractivity contribution is 0.669. The van der Waals surface area contributed by atoms with Crippen molar-refractivity contribution in [1.82, 2.24) is 15.0 Å². The van der Waals surface area contributed by atoms with Crippen LogP contribution in [0, 0.1) is 0 Å². The van der Waals surface area contributed by atoms with Gasteiger partial charge in [0.15, 0.2) is 17.5 Å². The summed E-state index contributed by atoms with van der Waals surface area (Å²) in [5, 5.41) is 7.03. The number of furan rings is 1. The van der Waals surface area contributed by atoms with Gasteiger partial charge in [-0.25, -0.2) is 15.0 Å². The Morgan fingerprint density at radius 3 is 1.98 bits per heavy atom. The van der Waals surface area contributed by atoms with E-state index in [9.17, 15) is 0 Å². The van der Waals surface area contributed by atoms with Gasteiger partial charge in [0.1, 0.15) is 11.2 Å². The number of benzene rings is 7. The molecule has 7 aromatic carbocycles. The molecule has 0 atom stereocenters. The minimum atomic E-state index is 0.599. The van der Waals surface area contributed by atoms with E-state index in [4.69, 9.17) is 31.0 Å². The van der Waals surface area contributed by atoms with E-state index >= 15 is 0 Å². The SMILES string of the molecule is Clc1cccc2oc3ccc4ccc(-c5nc(-c6ccc(-c7ccccc7)cc6)nc(-c6cccc7sc8ccccc8c67)n5)cc4c3c12. The zero-order valence-corrected chi connectivity index (χ0v) is 27.5. The van der Waals surface area contributed by atoms with Crippen LogP contribution in [0.5, 0.6) is 0 Å². The number of rotatable bonds is 4. The Morgan fingerprint density at radius 1 is 0.449 bits per heavy atom. The van der Waals surface area contributed by atoms with E-state index in [2.05, 4.69) is 115 Å². The van der Waals surface area contributed by atoms with E-state index in [1.807, 2.05) is 30.3 Å². The maximum Gasteiger partial charge on any atom is 0.164 e. The Labute approximate surface area is 289 Å². The van der Waals surface area contributed by atoms with Gasteiger partial charge in [0, 0.05) is 47.6 Å². The van der Waals surface area contributed by atoms with Crippen LogP contribution in [0.25, 0.3) is 98.2 Å². The summed E-state index contributed by atoms with van der Waals surface area (Å²) in [6.07, 6.45) is 0. The average Bonchev–Trinajstić information content (AvgIpc) is 3.74. The Hall–Kier alpha value is -5.88. The molecule has 0 fully saturated rings. The Bertz CT molecular complexity index is 2890. The molecule has 0 saturated heterocycles. The molecule has 49 heavy (non-hydrogen) atoms. The summed E-state index contributed by atoms with van der Waals surface area (Å²) in [5.74, 6) is 1.85. The third-order valence-corrected chi connectivity index (χ3v) is 10.7. The molecule has 0 amide bonds. The first-order valence-electron chi connectivity index (χ1n) is 16.0. The van der Waals surface area contributed by atoms with Crippen LogP contribution in [0.3, 0.4) is 0 Å². The lowest BCUT2D eigenvalue weighted by Crippen LogP contribution is -2.00. The molecule has 3 heterocycles. The molecule has 230 valence electrons. The highest BCUT2D eigenvalue weighted by atomic mass is 35.5. The van der Waals surface area contributed by atoms with Gasteiger partial charge >= 0.3 is 0 Å². The predicted molar refractivity (Wildman–Crippen MR) is 204 cm³/mol. The van der Waals surface area contributed by atoms with Gasteiger partial charge in [-0.2, -0.15) is 0 Å². The Balaban J connectivity index is 1.21. The first kappa shape index (κ1) is 28.2. The highest BCUT2D eigenvalue weighted by molar-refractivity contribution is 7.25. The van der Waals surface area contributed by atoms with E-state index in [-0.39, 0.29) is 0 Å². The molecule has 0 aliphatic heterocycles. The molecule has 0 aliphatic carbocycles. The fourth-order valence-corrected chi connectivity index (χ4v) is 8.28. The van der Waals surface area contributed by atoms with Gasteiger partial charge in [0.2, 0.25) is 0 Å². The van der Waals surface area contributed by atoms with Crippen molar-refractivity contribution in [1.29, 1.82) is 0 Å². The molecule has 0 saturated carbocycles. The molecule has 4 nitrogen and oxygen atoms in total. The third kappa shape index (κ3) is 4.62. The van der Waals surface area contributed by atoms with Crippen molar-refractivity contribution in [2.75, 3.05) is 0 Å². The lowest BCUT2D eigenvalue weighted by atomic mass is 10.0. The van der Waals surface area contributed by atoms with E-state index in [0.717, 1.165) is 65.9 Å². The zero-order chi connectivity index (χ0) is 32.5. The summed E-state index contributed by atoms with van der Waals surface area (Å²) in [6.45, 7) is 0. The van der Waals surface area contributed by atoms with Crippen molar-refractivity contribution >= 4 is 75.8 Å². The maximum atomic E-state index is 6.75. The molecular weight excluding hydrogens is 642 g/mol. The third-order valence-electron chi connectivity index (χ3n) is 9.22. The first-order chi connectivity index (χ1) is 24.2. The van der Waals surface area contributed by atoms with Crippen LogP contribution in [-0.4, -0.2) is 15.0 Å². The summed E-state index contributed by atoms with van der Waals surface area (Å²) in [6, 6.07) is 49.9. The molecule has 0 radical (unpaired) electrons. The second kappa shape index (κ2) is 11.1. The van der Waals surface area contributed by atoms with Crippen molar-refractivity contribution < 1.29 is 4.42 Å². The zero-order valence-electron chi connectivity index (χ0n) is 25.9. The summed E-state index contributed by atoms with van der Waals surface area (Å²) in [5.41, 5.74) is 6.64. The van der Waals surface area contributed by atoms with Gasteiger partial charge in [-0.15, -0.1) is 11.3 Å². The number of fused-ring (bicyclic) bond motifs is 8. The molecule has 6 heteroatoms. The van der Waals surface area contributed by atoms with Crippen LogP contribution < -0.4 is 0 Å². The quantitative estimate of drug-likeness (QED) is 0.188. The van der Waals surface area contributed by atoms with Gasteiger partial charge < -0.3 is 4.42 Å². The second-order valence-corrected chi connectivity index (χ2v) is 13.6. The summed E-state index contributed by atoms with van der Waals surface area (Å²) >= 11 is 8.54. The smallest absolute Gasteiger partial charge is 0.164 e. The minimum absolute atomic E-state index is 0.599.